The van der Waals surface area contributed by atoms with Crippen LogP contribution in [0, 0.1) is 0 Å². The van der Waals surface area contributed by atoms with Crippen LogP contribution >= 0.6 is 23.4 Å². The van der Waals surface area contributed by atoms with Gasteiger partial charge in [-0.1, -0.05) is 29.4 Å². The summed E-state index contributed by atoms with van der Waals surface area (Å²) in [7, 11) is 0. The molecule has 0 bridgehead atoms. The van der Waals surface area contributed by atoms with E-state index in [4.69, 9.17) is 22.2 Å². The van der Waals surface area contributed by atoms with E-state index in [0.717, 1.165) is 16.9 Å². The maximum absolute atomic E-state index is 6.12. The SMILES string of the molecule is CCOc1ccc(-c2nnc(SCc3ccc(Cl)nc3)n2N)cc1. The van der Waals surface area contributed by atoms with Crippen molar-refractivity contribution in [2.45, 2.75) is 17.8 Å². The highest BCUT2D eigenvalue weighted by atomic mass is 35.5. The molecule has 0 aliphatic heterocycles. The van der Waals surface area contributed by atoms with E-state index in [-0.39, 0.29) is 0 Å². The first-order chi connectivity index (χ1) is 11.7. The molecule has 0 atom stereocenters. The van der Waals surface area contributed by atoms with E-state index >= 15 is 0 Å². The van der Waals surface area contributed by atoms with Crippen LogP contribution in [-0.4, -0.2) is 26.5 Å². The van der Waals surface area contributed by atoms with Gasteiger partial charge in [-0.3, -0.25) is 0 Å². The molecule has 0 fully saturated rings. The number of aromatic nitrogens is 4. The largest absolute Gasteiger partial charge is 0.494 e. The summed E-state index contributed by atoms with van der Waals surface area (Å²) in [4.78, 5) is 4.06. The molecule has 24 heavy (non-hydrogen) atoms. The van der Waals surface area contributed by atoms with E-state index in [2.05, 4.69) is 15.2 Å². The summed E-state index contributed by atoms with van der Waals surface area (Å²) in [6, 6.07) is 11.3. The molecule has 2 heterocycles. The van der Waals surface area contributed by atoms with Gasteiger partial charge < -0.3 is 10.6 Å². The molecule has 3 rings (SSSR count). The highest BCUT2D eigenvalue weighted by Gasteiger charge is 2.12. The Labute approximate surface area is 149 Å². The molecule has 0 spiro atoms. The Bertz CT molecular complexity index is 804. The summed E-state index contributed by atoms with van der Waals surface area (Å²) < 4.78 is 6.92. The first kappa shape index (κ1) is 16.6. The maximum Gasteiger partial charge on any atom is 0.210 e. The van der Waals surface area contributed by atoms with Crippen LogP contribution in [0.4, 0.5) is 0 Å². The average molecular weight is 362 g/mol. The molecule has 0 aliphatic rings. The van der Waals surface area contributed by atoms with Crippen LogP contribution < -0.4 is 10.6 Å². The molecule has 0 radical (unpaired) electrons. The van der Waals surface area contributed by atoms with Gasteiger partial charge >= 0.3 is 0 Å². The topological polar surface area (TPSA) is 78.9 Å². The number of hydrogen-bond acceptors (Lipinski definition) is 6. The summed E-state index contributed by atoms with van der Waals surface area (Å²) in [5.74, 6) is 8.23. The molecule has 0 saturated heterocycles. The molecule has 0 saturated carbocycles. The van der Waals surface area contributed by atoms with Crippen molar-refractivity contribution in [3.63, 3.8) is 0 Å². The van der Waals surface area contributed by atoms with Gasteiger partial charge in [-0.25, -0.2) is 9.66 Å². The Kier molecular flexibility index (Phi) is 5.22. The van der Waals surface area contributed by atoms with Gasteiger partial charge in [-0.15, -0.1) is 10.2 Å². The lowest BCUT2D eigenvalue weighted by atomic mass is 10.2. The molecule has 124 valence electrons. The van der Waals surface area contributed by atoms with E-state index in [1.807, 2.05) is 37.3 Å². The van der Waals surface area contributed by atoms with Crippen LogP contribution in [-0.2, 0) is 5.75 Å². The number of hydrogen-bond donors (Lipinski definition) is 1. The van der Waals surface area contributed by atoms with Gasteiger partial charge in [0.25, 0.3) is 0 Å². The zero-order chi connectivity index (χ0) is 16.9. The second-order valence-corrected chi connectivity index (χ2v) is 6.24. The Balaban J connectivity index is 1.72. The van der Waals surface area contributed by atoms with Gasteiger partial charge in [0.2, 0.25) is 5.16 Å². The fourth-order valence-corrected chi connectivity index (χ4v) is 2.98. The van der Waals surface area contributed by atoms with Crippen LogP contribution in [0.2, 0.25) is 5.15 Å². The highest BCUT2D eigenvalue weighted by Crippen LogP contribution is 2.25. The molecule has 0 unspecified atom stereocenters. The molecular weight excluding hydrogens is 346 g/mol. The number of ether oxygens (including phenoxy) is 1. The smallest absolute Gasteiger partial charge is 0.210 e. The summed E-state index contributed by atoms with van der Waals surface area (Å²) in [5, 5.41) is 9.44. The molecule has 3 aromatic rings. The first-order valence-electron chi connectivity index (χ1n) is 7.34. The minimum absolute atomic E-state index is 0.475. The third-order valence-corrected chi connectivity index (χ3v) is 4.48. The number of benzene rings is 1. The van der Waals surface area contributed by atoms with Gasteiger partial charge in [0.1, 0.15) is 10.9 Å². The number of thioether (sulfide) groups is 1. The van der Waals surface area contributed by atoms with Crippen molar-refractivity contribution in [2.24, 2.45) is 0 Å². The predicted molar refractivity (Wildman–Crippen MR) is 95.6 cm³/mol. The van der Waals surface area contributed by atoms with Gasteiger partial charge in [0, 0.05) is 17.5 Å². The van der Waals surface area contributed by atoms with E-state index in [0.29, 0.717) is 28.5 Å². The molecule has 2 N–H and O–H groups in total. The van der Waals surface area contributed by atoms with Crippen molar-refractivity contribution in [3.05, 3.63) is 53.3 Å². The third kappa shape index (κ3) is 3.80. The Morgan fingerprint density at radius 1 is 1.17 bits per heavy atom. The zero-order valence-corrected chi connectivity index (χ0v) is 14.6. The van der Waals surface area contributed by atoms with Gasteiger partial charge in [0.05, 0.1) is 6.61 Å². The molecule has 0 amide bonds. The number of nitrogens with two attached hydrogens (primary N) is 1. The molecule has 2 aromatic heterocycles. The zero-order valence-electron chi connectivity index (χ0n) is 13.0. The lowest BCUT2D eigenvalue weighted by molar-refractivity contribution is 0.340. The van der Waals surface area contributed by atoms with Crippen molar-refractivity contribution in [3.8, 4) is 17.1 Å². The highest BCUT2D eigenvalue weighted by molar-refractivity contribution is 7.98. The fraction of sp³-hybridized carbons (Fsp3) is 0.188. The maximum atomic E-state index is 6.12. The van der Waals surface area contributed by atoms with Gasteiger partial charge in [0.15, 0.2) is 5.82 Å². The summed E-state index contributed by atoms with van der Waals surface area (Å²) in [6.45, 7) is 2.58. The van der Waals surface area contributed by atoms with Crippen molar-refractivity contribution in [1.82, 2.24) is 19.9 Å². The predicted octanol–water partition coefficient (Wildman–Crippen LogP) is 3.40. The monoisotopic (exact) mass is 361 g/mol. The third-order valence-electron chi connectivity index (χ3n) is 3.24. The second-order valence-electron chi connectivity index (χ2n) is 4.91. The van der Waals surface area contributed by atoms with Gasteiger partial charge in [-0.05, 0) is 42.8 Å². The van der Waals surface area contributed by atoms with Crippen LogP contribution in [0.3, 0.4) is 0 Å². The second kappa shape index (κ2) is 7.55. The number of nitrogens with zero attached hydrogens (tertiary/aromatic N) is 4. The number of halogens is 1. The quantitative estimate of drug-likeness (QED) is 0.412. The summed E-state index contributed by atoms with van der Waals surface area (Å²) in [6.07, 6.45) is 1.74. The number of nitrogen functional groups attached to an aromatic ring is 1. The van der Waals surface area contributed by atoms with Crippen molar-refractivity contribution >= 4 is 23.4 Å². The molecule has 8 heteroatoms. The van der Waals surface area contributed by atoms with Crippen LogP contribution in [0.25, 0.3) is 11.4 Å². The summed E-state index contributed by atoms with van der Waals surface area (Å²) >= 11 is 7.27. The Hall–Kier alpha value is -2.25. The number of rotatable bonds is 6. The van der Waals surface area contributed by atoms with Gasteiger partial charge in [-0.2, -0.15) is 0 Å². The molecule has 6 nitrogen and oxygen atoms in total. The summed E-state index contributed by atoms with van der Waals surface area (Å²) in [5.41, 5.74) is 1.92. The van der Waals surface area contributed by atoms with Crippen molar-refractivity contribution in [1.29, 1.82) is 0 Å². The van der Waals surface area contributed by atoms with Crippen LogP contribution in [0.15, 0.2) is 47.8 Å². The first-order valence-corrected chi connectivity index (χ1v) is 8.70. The normalized spacial score (nSPS) is 10.8. The van der Waals surface area contributed by atoms with E-state index in [1.165, 1.54) is 16.4 Å². The minimum atomic E-state index is 0.475. The Morgan fingerprint density at radius 3 is 2.62 bits per heavy atom. The van der Waals surface area contributed by atoms with E-state index < -0.39 is 0 Å². The average Bonchev–Trinajstić information content (AvgIpc) is 2.96. The molecule has 0 aliphatic carbocycles. The van der Waals surface area contributed by atoms with Crippen molar-refractivity contribution in [2.75, 3.05) is 12.4 Å². The lowest BCUT2D eigenvalue weighted by Crippen LogP contribution is -2.11. The molecule has 1 aromatic carbocycles. The lowest BCUT2D eigenvalue weighted by Gasteiger charge is -2.06. The number of pyridine rings is 1. The molecular formula is C16H16ClN5OS. The van der Waals surface area contributed by atoms with E-state index in [1.54, 1.807) is 12.3 Å². The minimum Gasteiger partial charge on any atom is -0.494 e. The van der Waals surface area contributed by atoms with Crippen molar-refractivity contribution < 1.29 is 4.74 Å². The fourth-order valence-electron chi connectivity index (χ4n) is 2.08. The van der Waals surface area contributed by atoms with E-state index in [9.17, 15) is 0 Å². The van der Waals surface area contributed by atoms with Crippen LogP contribution in [0.1, 0.15) is 12.5 Å². The Morgan fingerprint density at radius 2 is 1.96 bits per heavy atom. The van der Waals surface area contributed by atoms with Crippen LogP contribution in [0.5, 0.6) is 5.75 Å². The standard InChI is InChI=1S/C16H16ClN5OS/c1-2-23-13-6-4-12(5-7-13)15-20-21-16(22(15)18)24-10-11-3-8-14(17)19-9-11/h3-9H,2,10,18H2,1H3.